The third-order valence-electron chi connectivity index (χ3n) is 6.07. The summed E-state index contributed by atoms with van der Waals surface area (Å²) >= 11 is 0. The number of hydrogen-bond donors (Lipinski definition) is 1. The van der Waals surface area contributed by atoms with Crippen LogP contribution < -0.4 is 5.32 Å². The van der Waals surface area contributed by atoms with Crippen molar-refractivity contribution in [3.63, 3.8) is 0 Å². The molecule has 0 spiro atoms. The molecule has 1 amide bonds. The lowest BCUT2D eigenvalue weighted by Crippen LogP contribution is -2.37. The number of nitrogens with one attached hydrogen (secondary N) is 1. The van der Waals surface area contributed by atoms with Crippen LogP contribution in [0.1, 0.15) is 47.2 Å². The predicted molar refractivity (Wildman–Crippen MR) is 110 cm³/mol. The second-order valence-electron chi connectivity index (χ2n) is 8.23. The van der Waals surface area contributed by atoms with Crippen molar-refractivity contribution in [2.45, 2.75) is 38.6 Å². The second kappa shape index (κ2) is 8.71. The maximum atomic E-state index is 13.3. The van der Waals surface area contributed by atoms with Crippen molar-refractivity contribution in [1.29, 1.82) is 0 Å². The topological polar surface area (TPSA) is 32.3 Å². The van der Waals surface area contributed by atoms with Crippen molar-refractivity contribution in [2.24, 2.45) is 11.8 Å². The van der Waals surface area contributed by atoms with Gasteiger partial charge in [0, 0.05) is 18.7 Å². The number of benzene rings is 2. The number of nitrogens with zero attached hydrogens (tertiary/aromatic N) is 1. The summed E-state index contributed by atoms with van der Waals surface area (Å²) in [6, 6.07) is 18.7. The van der Waals surface area contributed by atoms with Crippen LogP contribution in [0, 0.1) is 11.8 Å². The third kappa shape index (κ3) is 4.78. The summed E-state index contributed by atoms with van der Waals surface area (Å²) in [7, 11) is 0. The van der Waals surface area contributed by atoms with E-state index in [4.69, 9.17) is 0 Å². The molecule has 142 valence electrons. The Morgan fingerprint density at radius 1 is 0.963 bits per heavy atom. The van der Waals surface area contributed by atoms with Crippen LogP contribution in [-0.4, -0.2) is 30.4 Å². The number of carbonyl (C=O) groups excluding carboxylic acids is 1. The summed E-state index contributed by atoms with van der Waals surface area (Å²) in [5.41, 5.74) is 3.34. The van der Waals surface area contributed by atoms with Crippen molar-refractivity contribution in [3.8, 4) is 0 Å². The predicted octanol–water partition coefficient (Wildman–Crippen LogP) is 4.28. The van der Waals surface area contributed by atoms with Gasteiger partial charge in [-0.25, -0.2) is 0 Å². The van der Waals surface area contributed by atoms with Crippen LogP contribution in [0.4, 0.5) is 0 Å². The molecule has 1 saturated carbocycles. The van der Waals surface area contributed by atoms with E-state index in [1.165, 1.54) is 36.8 Å². The molecular weight excluding hydrogens is 332 g/mol. The van der Waals surface area contributed by atoms with Gasteiger partial charge in [0.1, 0.15) is 0 Å². The van der Waals surface area contributed by atoms with Crippen LogP contribution in [0.15, 0.2) is 54.6 Å². The highest BCUT2D eigenvalue weighted by molar-refractivity contribution is 5.94. The molecule has 1 unspecified atom stereocenters. The first-order chi connectivity index (χ1) is 13.3. The van der Waals surface area contributed by atoms with Gasteiger partial charge in [-0.05, 0) is 73.9 Å². The minimum absolute atomic E-state index is 0.178. The molecule has 3 nitrogen and oxygen atoms in total. The fourth-order valence-corrected chi connectivity index (χ4v) is 4.25. The maximum absolute atomic E-state index is 13.3. The van der Waals surface area contributed by atoms with E-state index >= 15 is 0 Å². The van der Waals surface area contributed by atoms with Gasteiger partial charge < -0.3 is 10.2 Å². The number of rotatable bonds is 7. The van der Waals surface area contributed by atoms with Gasteiger partial charge in [0.15, 0.2) is 0 Å². The quantitative estimate of drug-likeness (QED) is 0.797. The second-order valence-corrected chi connectivity index (χ2v) is 8.23. The molecule has 2 aromatic rings. The lowest BCUT2D eigenvalue weighted by Gasteiger charge is -2.32. The molecule has 1 N–H and O–H groups in total. The average Bonchev–Trinajstić information content (AvgIpc) is 3.17. The highest BCUT2D eigenvalue weighted by atomic mass is 16.2. The summed E-state index contributed by atoms with van der Waals surface area (Å²) in [4.78, 5) is 15.4. The summed E-state index contributed by atoms with van der Waals surface area (Å²) in [6.45, 7) is 3.80. The molecule has 0 bridgehead atoms. The van der Waals surface area contributed by atoms with Gasteiger partial charge in [0.05, 0.1) is 0 Å². The number of amides is 1. The molecule has 0 radical (unpaired) electrons. The molecule has 1 aliphatic carbocycles. The molecule has 1 heterocycles. The Labute approximate surface area is 162 Å². The van der Waals surface area contributed by atoms with Crippen LogP contribution in [0.3, 0.4) is 0 Å². The Morgan fingerprint density at radius 3 is 2.48 bits per heavy atom. The van der Waals surface area contributed by atoms with E-state index in [-0.39, 0.29) is 5.91 Å². The molecule has 1 atom stereocenters. The molecule has 2 aromatic carbocycles. The summed E-state index contributed by atoms with van der Waals surface area (Å²) < 4.78 is 0. The van der Waals surface area contributed by atoms with E-state index in [0.717, 1.165) is 31.6 Å². The van der Waals surface area contributed by atoms with Crippen LogP contribution >= 0.6 is 0 Å². The standard InChI is InChI=1S/C24H30N2O/c27-24(23-11-5-10-21(15-23)14-22-12-13-25-16-22)26(18-20-8-4-9-20)17-19-6-2-1-3-7-19/h1-3,5-7,10-11,15,20,22,25H,4,8-9,12-14,16-18H2. The highest BCUT2D eigenvalue weighted by Crippen LogP contribution is 2.28. The lowest BCUT2D eigenvalue weighted by atomic mass is 9.85. The molecule has 1 aliphatic heterocycles. The summed E-state index contributed by atoms with van der Waals surface area (Å²) in [5.74, 6) is 1.55. The molecule has 1 saturated heterocycles. The van der Waals surface area contributed by atoms with Crippen LogP contribution in [0.25, 0.3) is 0 Å². The van der Waals surface area contributed by atoms with Gasteiger partial charge >= 0.3 is 0 Å². The van der Waals surface area contributed by atoms with Crippen molar-refractivity contribution in [1.82, 2.24) is 10.2 Å². The average molecular weight is 363 g/mol. The first-order valence-corrected chi connectivity index (χ1v) is 10.4. The van der Waals surface area contributed by atoms with Crippen molar-refractivity contribution in [3.05, 3.63) is 71.3 Å². The zero-order valence-electron chi connectivity index (χ0n) is 16.1. The Bertz CT molecular complexity index is 748. The van der Waals surface area contributed by atoms with Crippen LogP contribution in [0.5, 0.6) is 0 Å². The zero-order valence-corrected chi connectivity index (χ0v) is 16.1. The smallest absolute Gasteiger partial charge is 0.254 e. The summed E-state index contributed by atoms with van der Waals surface area (Å²) in [6.07, 6.45) is 6.12. The Morgan fingerprint density at radius 2 is 1.78 bits per heavy atom. The highest BCUT2D eigenvalue weighted by Gasteiger charge is 2.25. The molecule has 4 rings (SSSR count). The first-order valence-electron chi connectivity index (χ1n) is 10.4. The Hall–Kier alpha value is -2.13. The van der Waals surface area contributed by atoms with Crippen molar-refractivity contribution >= 4 is 5.91 Å². The van der Waals surface area contributed by atoms with Gasteiger partial charge in [0.2, 0.25) is 0 Å². The van der Waals surface area contributed by atoms with E-state index in [1.54, 1.807) is 0 Å². The van der Waals surface area contributed by atoms with Gasteiger partial charge in [-0.3, -0.25) is 4.79 Å². The van der Waals surface area contributed by atoms with Gasteiger partial charge in [-0.1, -0.05) is 48.9 Å². The summed E-state index contributed by atoms with van der Waals surface area (Å²) in [5, 5.41) is 3.43. The van der Waals surface area contributed by atoms with E-state index in [2.05, 4.69) is 52.7 Å². The fourth-order valence-electron chi connectivity index (χ4n) is 4.25. The van der Waals surface area contributed by atoms with Gasteiger partial charge in [-0.15, -0.1) is 0 Å². The SMILES string of the molecule is O=C(c1cccc(CC2CCNC2)c1)N(Cc1ccccc1)CC1CCC1. The lowest BCUT2D eigenvalue weighted by molar-refractivity contribution is 0.0679. The van der Waals surface area contributed by atoms with E-state index < -0.39 is 0 Å². The number of hydrogen-bond acceptors (Lipinski definition) is 2. The Kier molecular flexibility index (Phi) is 5.88. The van der Waals surface area contributed by atoms with E-state index in [1.807, 2.05) is 12.1 Å². The largest absolute Gasteiger partial charge is 0.334 e. The van der Waals surface area contributed by atoms with Gasteiger partial charge in [0.25, 0.3) is 5.91 Å². The van der Waals surface area contributed by atoms with Crippen LogP contribution in [-0.2, 0) is 13.0 Å². The zero-order chi connectivity index (χ0) is 18.5. The monoisotopic (exact) mass is 362 g/mol. The maximum Gasteiger partial charge on any atom is 0.254 e. The molecule has 27 heavy (non-hydrogen) atoms. The van der Waals surface area contributed by atoms with Crippen LogP contribution in [0.2, 0.25) is 0 Å². The first kappa shape index (κ1) is 18.2. The van der Waals surface area contributed by atoms with E-state index in [0.29, 0.717) is 18.4 Å². The molecule has 2 aliphatic rings. The molecule has 3 heteroatoms. The molecule has 2 fully saturated rings. The van der Waals surface area contributed by atoms with Gasteiger partial charge in [-0.2, -0.15) is 0 Å². The normalized spacial score (nSPS) is 19.6. The minimum Gasteiger partial charge on any atom is -0.334 e. The van der Waals surface area contributed by atoms with E-state index in [9.17, 15) is 4.79 Å². The fraction of sp³-hybridized carbons (Fsp3) is 0.458. The number of carbonyl (C=O) groups is 1. The van der Waals surface area contributed by atoms with Crippen molar-refractivity contribution in [2.75, 3.05) is 19.6 Å². The third-order valence-corrected chi connectivity index (χ3v) is 6.07. The molecular formula is C24H30N2O. The molecule has 0 aromatic heterocycles. The Balaban J connectivity index is 1.49. The van der Waals surface area contributed by atoms with Crippen molar-refractivity contribution < 1.29 is 4.79 Å². The minimum atomic E-state index is 0.178.